The highest BCUT2D eigenvalue weighted by Crippen LogP contribution is 2.30. The van der Waals surface area contributed by atoms with E-state index in [1.54, 1.807) is 11.8 Å². The molecule has 0 unspecified atom stereocenters. The molecule has 2 aromatic carbocycles. The maximum atomic E-state index is 13.0. The predicted octanol–water partition coefficient (Wildman–Crippen LogP) is 5.84. The van der Waals surface area contributed by atoms with Gasteiger partial charge in [0.05, 0.1) is 11.3 Å². The normalized spacial score (nSPS) is 16.5. The van der Waals surface area contributed by atoms with Crippen molar-refractivity contribution < 1.29 is 4.79 Å². The molecule has 5 heteroatoms. The number of aliphatic imine (C=N–C) groups is 1. The van der Waals surface area contributed by atoms with Crippen molar-refractivity contribution in [1.29, 1.82) is 0 Å². The summed E-state index contributed by atoms with van der Waals surface area (Å²) in [4.78, 5) is 19.7. The Morgan fingerprint density at radius 2 is 1.88 bits per heavy atom. The Balaban J connectivity index is 1.97. The highest BCUT2D eigenvalue weighted by atomic mass is 79.9. The second-order valence-electron chi connectivity index (χ2n) is 6.25. The lowest BCUT2D eigenvalue weighted by atomic mass is 10.0. The minimum Gasteiger partial charge on any atom is -0.287 e. The van der Waals surface area contributed by atoms with Crippen LogP contribution in [-0.2, 0) is 0 Å². The van der Waals surface area contributed by atoms with Gasteiger partial charge < -0.3 is 0 Å². The van der Waals surface area contributed by atoms with Crippen molar-refractivity contribution in [3.05, 3.63) is 64.1 Å². The quantitative estimate of drug-likeness (QED) is 0.629. The van der Waals surface area contributed by atoms with E-state index in [-0.39, 0.29) is 5.91 Å². The number of rotatable bonds is 3. The molecule has 1 aliphatic rings. The summed E-state index contributed by atoms with van der Waals surface area (Å²) in [5.41, 5.74) is 2.83. The monoisotopic (exact) mass is 416 g/mol. The summed E-state index contributed by atoms with van der Waals surface area (Å²) in [6.07, 6.45) is 0.978. The summed E-state index contributed by atoms with van der Waals surface area (Å²) in [5, 5.41) is 0.792. The summed E-state index contributed by atoms with van der Waals surface area (Å²) >= 11 is 5.14. The molecule has 0 atom stereocenters. The fraction of sp³-hybridized carbons (Fsp3) is 0.300. The Morgan fingerprint density at radius 1 is 1.16 bits per heavy atom. The first-order chi connectivity index (χ1) is 12.1. The van der Waals surface area contributed by atoms with Crippen LogP contribution in [0.2, 0.25) is 0 Å². The molecular weight excluding hydrogens is 396 g/mol. The van der Waals surface area contributed by atoms with Crippen LogP contribution in [0.4, 0.5) is 5.69 Å². The lowest BCUT2D eigenvalue weighted by Crippen LogP contribution is -2.39. The van der Waals surface area contributed by atoms with Gasteiger partial charge in [0.2, 0.25) is 0 Å². The molecule has 2 aromatic rings. The van der Waals surface area contributed by atoms with Gasteiger partial charge in [-0.2, -0.15) is 0 Å². The Kier molecular flexibility index (Phi) is 5.97. The van der Waals surface area contributed by atoms with Crippen molar-refractivity contribution in [3.8, 4) is 0 Å². The first-order valence-electron chi connectivity index (χ1n) is 8.44. The molecule has 3 nitrogen and oxygen atoms in total. The SMILES string of the molecule is CC(C)c1ccccc1N=C1SCCCN1C(=O)c1ccccc1Br. The van der Waals surface area contributed by atoms with Crippen LogP contribution in [0.25, 0.3) is 0 Å². The molecule has 1 heterocycles. The van der Waals surface area contributed by atoms with Crippen LogP contribution in [0.3, 0.4) is 0 Å². The van der Waals surface area contributed by atoms with E-state index in [9.17, 15) is 4.79 Å². The molecule has 1 amide bonds. The fourth-order valence-electron chi connectivity index (χ4n) is 2.80. The number of amidine groups is 1. The van der Waals surface area contributed by atoms with Crippen molar-refractivity contribution in [2.45, 2.75) is 26.2 Å². The van der Waals surface area contributed by atoms with Crippen molar-refractivity contribution in [3.63, 3.8) is 0 Å². The van der Waals surface area contributed by atoms with Crippen molar-refractivity contribution in [2.24, 2.45) is 4.99 Å². The lowest BCUT2D eigenvalue weighted by molar-refractivity contribution is 0.0848. The second kappa shape index (κ2) is 8.19. The molecule has 0 aliphatic carbocycles. The molecule has 1 fully saturated rings. The maximum absolute atomic E-state index is 13.0. The zero-order valence-electron chi connectivity index (χ0n) is 14.4. The number of carbonyl (C=O) groups excluding carboxylic acids is 1. The maximum Gasteiger partial charge on any atom is 0.260 e. The second-order valence-corrected chi connectivity index (χ2v) is 8.16. The Bertz CT molecular complexity index is 804. The molecule has 0 radical (unpaired) electrons. The third kappa shape index (κ3) is 4.15. The summed E-state index contributed by atoms with van der Waals surface area (Å²) in [6, 6.07) is 15.7. The third-order valence-corrected chi connectivity index (χ3v) is 5.87. The van der Waals surface area contributed by atoms with Crippen LogP contribution in [0.15, 0.2) is 58.0 Å². The number of hydrogen-bond acceptors (Lipinski definition) is 3. The van der Waals surface area contributed by atoms with Gasteiger partial charge in [0.25, 0.3) is 5.91 Å². The van der Waals surface area contributed by atoms with Crippen LogP contribution < -0.4 is 0 Å². The molecule has 25 heavy (non-hydrogen) atoms. The molecule has 3 rings (SSSR count). The van der Waals surface area contributed by atoms with E-state index in [2.05, 4.69) is 35.8 Å². The molecule has 130 valence electrons. The minimum absolute atomic E-state index is 0.000420. The van der Waals surface area contributed by atoms with Gasteiger partial charge in [-0.05, 0) is 52.0 Å². The van der Waals surface area contributed by atoms with E-state index >= 15 is 0 Å². The van der Waals surface area contributed by atoms with Crippen molar-refractivity contribution >= 4 is 44.5 Å². The van der Waals surface area contributed by atoms with Gasteiger partial charge in [0.1, 0.15) is 0 Å². The number of amides is 1. The van der Waals surface area contributed by atoms with E-state index in [1.807, 2.05) is 47.4 Å². The van der Waals surface area contributed by atoms with E-state index in [1.165, 1.54) is 5.56 Å². The van der Waals surface area contributed by atoms with Gasteiger partial charge in [0.15, 0.2) is 5.17 Å². The molecule has 0 aromatic heterocycles. The zero-order valence-corrected chi connectivity index (χ0v) is 16.8. The summed E-state index contributed by atoms with van der Waals surface area (Å²) < 4.78 is 0.817. The van der Waals surface area contributed by atoms with Crippen molar-refractivity contribution in [1.82, 2.24) is 4.90 Å². The lowest BCUT2D eigenvalue weighted by Gasteiger charge is -2.28. The van der Waals surface area contributed by atoms with Gasteiger partial charge in [0, 0.05) is 16.8 Å². The number of nitrogens with zero attached hydrogens (tertiary/aromatic N) is 2. The zero-order chi connectivity index (χ0) is 17.8. The van der Waals surface area contributed by atoms with E-state index in [0.29, 0.717) is 18.0 Å². The van der Waals surface area contributed by atoms with Gasteiger partial charge in [-0.25, -0.2) is 4.99 Å². The van der Waals surface area contributed by atoms with Gasteiger partial charge in [-0.3, -0.25) is 9.69 Å². The number of hydrogen-bond donors (Lipinski definition) is 0. The first-order valence-corrected chi connectivity index (χ1v) is 10.2. The number of thioether (sulfide) groups is 1. The number of benzene rings is 2. The average molecular weight is 417 g/mol. The van der Waals surface area contributed by atoms with Crippen LogP contribution in [0, 0.1) is 0 Å². The largest absolute Gasteiger partial charge is 0.287 e. The number of carbonyl (C=O) groups is 1. The molecule has 0 saturated carbocycles. The summed E-state index contributed by atoms with van der Waals surface area (Å²) in [6.45, 7) is 5.03. The van der Waals surface area contributed by atoms with Crippen LogP contribution >= 0.6 is 27.7 Å². The van der Waals surface area contributed by atoms with E-state index in [0.717, 1.165) is 27.5 Å². The standard InChI is InChI=1S/C20H21BrN2OS/c1-14(2)15-8-4-6-11-18(15)22-20-23(12-7-13-25-20)19(24)16-9-3-5-10-17(16)21/h3-6,8-11,14H,7,12-13H2,1-2H3. The minimum atomic E-state index is 0.000420. The fourth-order valence-corrected chi connectivity index (χ4v) is 4.20. The van der Waals surface area contributed by atoms with E-state index in [4.69, 9.17) is 4.99 Å². The highest BCUT2D eigenvalue weighted by molar-refractivity contribution is 9.10. The average Bonchev–Trinajstić information content (AvgIpc) is 2.62. The summed E-state index contributed by atoms with van der Waals surface area (Å²) in [7, 11) is 0. The van der Waals surface area contributed by atoms with Gasteiger partial charge in [-0.15, -0.1) is 0 Å². The van der Waals surface area contributed by atoms with Crippen LogP contribution in [-0.4, -0.2) is 28.3 Å². The molecular formula is C20H21BrN2OS. The Hall–Kier alpha value is -1.59. The molecule has 0 N–H and O–H groups in total. The number of para-hydroxylation sites is 1. The van der Waals surface area contributed by atoms with Gasteiger partial charge >= 0.3 is 0 Å². The first kappa shape index (κ1) is 18.2. The highest BCUT2D eigenvalue weighted by Gasteiger charge is 2.26. The Labute approximate surface area is 161 Å². The predicted molar refractivity (Wildman–Crippen MR) is 110 cm³/mol. The van der Waals surface area contributed by atoms with Gasteiger partial charge in [-0.1, -0.05) is 55.9 Å². The third-order valence-electron chi connectivity index (χ3n) is 4.11. The van der Waals surface area contributed by atoms with Crippen LogP contribution in [0.1, 0.15) is 42.1 Å². The van der Waals surface area contributed by atoms with E-state index < -0.39 is 0 Å². The molecule has 1 aliphatic heterocycles. The van der Waals surface area contributed by atoms with Crippen LogP contribution in [0.5, 0.6) is 0 Å². The summed E-state index contributed by atoms with van der Waals surface area (Å²) in [5.74, 6) is 1.38. The molecule has 0 bridgehead atoms. The smallest absolute Gasteiger partial charge is 0.260 e. The Morgan fingerprint density at radius 3 is 2.64 bits per heavy atom. The molecule has 1 saturated heterocycles. The van der Waals surface area contributed by atoms with Crippen molar-refractivity contribution in [2.75, 3.05) is 12.3 Å². The topological polar surface area (TPSA) is 32.7 Å². The number of halogens is 1. The molecule has 0 spiro atoms.